The number of nitrogens with one attached hydrogen (secondary N) is 1. The molecule has 5 rings (SSSR count). The van der Waals surface area contributed by atoms with Gasteiger partial charge in [0.25, 0.3) is 0 Å². The summed E-state index contributed by atoms with van der Waals surface area (Å²) >= 11 is 0. The lowest BCUT2D eigenvalue weighted by Gasteiger charge is -2.20. The topological polar surface area (TPSA) is 88.0 Å². The van der Waals surface area contributed by atoms with Crippen LogP contribution in [0.3, 0.4) is 0 Å². The molecule has 2 saturated heterocycles. The number of hydrazone groups is 1. The van der Waals surface area contributed by atoms with Crippen LogP contribution in [0.25, 0.3) is 0 Å². The second kappa shape index (κ2) is 7.49. The number of rotatable bonds is 5. The quantitative estimate of drug-likeness (QED) is 0.623. The maximum absolute atomic E-state index is 5.40. The summed E-state index contributed by atoms with van der Waals surface area (Å²) < 4.78 is 10.7. The van der Waals surface area contributed by atoms with Crippen molar-refractivity contribution in [2.75, 3.05) is 48.2 Å². The van der Waals surface area contributed by atoms with Gasteiger partial charge in [-0.15, -0.1) is 0 Å². The van der Waals surface area contributed by atoms with E-state index in [9.17, 15) is 0 Å². The predicted molar refractivity (Wildman–Crippen MR) is 107 cm³/mol. The first kappa shape index (κ1) is 17.0. The molecule has 0 spiro atoms. The van der Waals surface area contributed by atoms with E-state index in [4.69, 9.17) is 14.5 Å². The second-order valence-corrected chi connectivity index (χ2v) is 7.13. The van der Waals surface area contributed by atoms with Crippen LogP contribution < -0.4 is 24.7 Å². The molecule has 0 unspecified atom stereocenters. The SMILES string of the molecule is C(=NNc1nc(N2CCCC2)nc(N2CCCC2)n1)c1ccc2c(c1)OCO2. The number of aromatic nitrogens is 3. The molecule has 0 aliphatic carbocycles. The van der Waals surface area contributed by atoms with Crippen LogP contribution in [0.4, 0.5) is 17.8 Å². The van der Waals surface area contributed by atoms with Crippen LogP contribution in [0, 0.1) is 0 Å². The van der Waals surface area contributed by atoms with Crippen LogP contribution in [0.15, 0.2) is 23.3 Å². The fourth-order valence-corrected chi connectivity index (χ4v) is 3.68. The minimum absolute atomic E-state index is 0.261. The molecule has 0 bridgehead atoms. The first-order valence-electron chi connectivity index (χ1n) is 9.80. The Morgan fingerprint density at radius 2 is 1.50 bits per heavy atom. The third-order valence-electron chi connectivity index (χ3n) is 5.16. The van der Waals surface area contributed by atoms with E-state index in [0.29, 0.717) is 5.95 Å². The van der Waals surface area contributed by atoms with E-state index in [1.54, 1.807) is 6.21 Å². The molecule has 2 aromatic rings. The maximum Gasteiger partial charge on any atom is 0.250 e. The van der Waals surface area contributed by atoms with Crippen molar-refractivity contribution >= 4 is 24.1 Å². The summed E-state index contributed by atoms with van der Waals surface area (Å²) in [5.41, 5.74) is 3.88. The monoisotopic (exact) mass is 381 g/mol. The Balaban J connectivity index is 1.35. The van der Waals surface area contributed by atoms with Gasteiger partial charge < -0.3 is 19.3 Å². The van der Waals surface area contributed by atoms with Gasteiger partial charge in [-0.2, -0.15) is 20.1 Å². The zero-order valence-electron chi connectivity index (χ0n) is 15.7. The number of fused-ring (bicyclic) bond motifs is 1. The van der Waals surface area contributed by atoms with Crippen LogP contribution in [-0.2, 0) is 0 Å². The van der Waals surface area contributed by atoms with Crippen molar-refractivity contribution in [2.45, 2.75) is 25.7 Å². The molecule has 146 valence electrons. The minimum Gasteiger partial charge on any atom is -0.454 e. The third kappa shape index (κ3) is 3.51. The fraction of sp³-hybridized carbons (Fsp3) is 0.474. The van der Waals surface area contributed by atoms with E-state index >= 15 is 0 Å². The zero-order valence-corrected chi connectivity index (χ0v) is 15.7. The molecule has 0 saturated carbocycles. The van der Waals surface area contributed by atoms with Gasteiger partial charge in [0, 0.05) is 26.2 Å². The minimum atomic E-state index is 0.261. The Labute approximate surface area is 163 Å². The standard InChI is InChI=1S/C19H23N7O2/c1-2-8-25(7-1)18-21-17(22-19(23-18)26-9-3-4-10-26)24-20-12-14-5-6-15-16(11-14)28-13-27-15/h5-6,11-12H,1-4,7-10,13H2,(H,21,22,23,24). The van der Waals surface area contributed by atoms with Gasteiger partial charge in [-0.3, -0.25) is 0 Å². The lowest BCUT2D eigenvalue weighted by Crippen LogP contribution is -2.25. The number of hydrogen-bond acceptors (Lipinski definition) is 9. The highest BCUT2D eigenvalue weighted by Crippen LogP contribution is 2.32. The average molecular weight is 381 g/mol. The highest BCUT2D eigenvalue weighted by molar-refractivity contribution is 5.81. The van der Waals surface area contributed by atoms with Crippen molar-refractivity contribution in [3.63, 3.8) is 0 Å². The fourth-order valence-electron chi connectivity index (χ4n) is 3.68. The van der Waals surface area contributed by atoms with Gasteiger partial charge in [-0.25, -0.2) is 5.43 Å². The molecule has 9 heteroatoms. The lowest BCUT2D eigenvalue weighted by molar-refractivity contribution is 0.174. The molecule has 1 aromatic heterocycles. The molecular formula is C19H23N7O2. The van der Waals surface area contributed by atoms with Crippen molar-refractivity contribution < 1.29 is 9.47 Å². The van der Waals surface area contributed by atoms with Gasteiger partial charge in [-0.05, 0) is 49.4 Å². The zero-order chi connectivity index (χ0) is 18.8. The summed E-state index contributed by atoms with van der Waals surface area (Å²) in [7, 11) is 0. The molecule has 9 nitrogen and oxygen atoms in total. The van der Waals surface area contributed by atoms with E-state index in [-0.39, 0.29) is 6.79 Å². The van der Waals surface area contributed by atoms with Gasteiger partial charge in [0.2, 0.25) is 24.6 Å². The molecular weight excluding hydrogens is 358 g/mol. The third-order valence-corrected chi connectivity index (χ3v) is 5.16. The molecule has 0 amide bonds. The Morgan fingerprint density at radius 3 is 2.18 bits per heavy atom. The molecule has 0 atom stereocenters. The molecule has 2 fully saturated rings. The molecule has 3 aliphatic rings. The Morgan fingerprint density at radius 1 is 0.857 bits per heavy atom. The van der Waals surface area contributed by atoms with Gasteiger partial charge in [0.15, 0.2) is 11.5 Å². The highest BCUT2D eigenvalue weighted by Gasteiger charge is 2.21. The summed E-state index contributed by atoms with van der Waals surface area (Å²) in [5.74, 6) is 3.42. The van der Waals surface area contributed by atoms with Crippen molar-refractivity contribution in [3.05, 3.63) is 23.8 Å². The molecule has 1 aromatic carbocycles. The predicted octanol–water partition coefficient (Wildman–Crippen LogP) is 2.25. The second-order valence-electron chi connectivity index (χ2n) is 7.13. The molecule has 28 heavy (non-hydrogen) atoms. The van der Waals surface area contributed by atoms with Gasteiger partial charge in [-0.1, -0.05) is 0 Å². The Bertz CT molecular complexity index is 842. The van der Waals surface area contributed by atoms with Crippen molar-refractivity contribution in [2.24, 2.45) is 5.10 Å². The van der Waals surface area contributed by atoms with Crippen LogP contribution >= 0.6 is 0 Å². The van der Waals surface area contributed by atoms with Gasteiger partial charge in [0.1, 0.15) is 0 Å². The smallest absolute Gasteiger partial charge is 0.250 e. The lowest BCUT2D eigenvalue weighted by atomic mass is 10.2. The number of anilines is 3. The number of ether oxygens (including phenoxy) is 2. The molecule has 3 aliphatic heterocycles. The number of hydrogen-bond donors (Lipinski definition) is 1. The van der Waals surface area contributed by atoms with Crippen molar-refractivity contribution in [1.29, 1.82) is 0 Å². The summed E-state index contributed by atoms with van der Waals surface area (Å²) in [6, 6.07) is 5.70. The highest BCUT2D eigenvalue weighted by atomic mass is 16.7. The Hall–Kier alpha value is -3.10. The normalized spacial score (nSPS) is 18.4. The summed E-state index contributed by atoms with van der Waals surface area (Å²) in [6.45, 7) is 4.22. The van der Waals surface area contributed by atoms with E-state index in [1.807, 2.05) is 18.2 Å². The van der Waals surface area contributed by atoms with Crippen LogP contribution in [0.2, 0.25) is 0 Å². The van der Waals surface area contributed by atoms with E-state index in [0.717, 1.165) is 55.1 Å². The first-order chi connectivity index (χ1) is 13.8. The van der Waals surface area contributed by atoms with Gasteiger partial charge in [0.05, 0.1) is 6.21 Å². The number of benzene rings is 1. The van der Waals surface area contributed by atoms with Gasteiger partial charge >= 0.3 is 0 Å². The molecule has 0 radical (unpaired) electrons. The van der Waals surface area contributed by atoms with E-state index in [2.05, 4.69) is 30.3 Å². The summed E-state index contributed by atoms with van der Waals surface area (Å²) in [6.07, 6.45) is 6.42. The molecule has 4 heterocycles. The van der Waals surface area contributed by atoms with Crippen LogP contribution in [0.5, 0.6) is 11.5 Å². The summed E-state index contributed by atoms with van der Waals surface area (Å²) in [5, 5.41) is 4.31. The van der Waals surface area contributed by atoms with Crippen molar-refractivity contribution in [3.8, 4) is 11.5 Å². The summed E-state index contributed by atoms with van der Waals surface area (Å²) in [4.78, 5) is 18.3. The Kier molecular flexibility index (Phi) is 4.56. The average Bonchev–Trinajstić information content (AvgIpc) is 3.50. The maximum atomic E-state index is 5.40. The largest absolute Gasteiger partial charge is 0.454 e. The van der Waals surface area contributed by atoms with E-state index < -0.39 is 0 Å². The first-order valence-corrected chi connectivity index (χ1v) is 9.80. The van der Waals surface area contributed by atoms with Crippen molar-refractivity contribution in [1.82, 2.24) is 15.0 Å². The van der Waals surface area contributed by atoms with Crippen LogP contribution in [0.1, 0.15) is 31.2 Å². The molecule has 1 N–H and O–H groups in total. The number of nitrogens with zero attached hydrogens (tertiary/aromatic N) is 6. The van der Waals surface area contributed by atoms with Crippen LogP contribution in [-0.4, -0.2) is 54.1 Å². The van der Waals surface area contributed by atoms with E-state index in [1.165, 1.54) is 25.7 Å².